The molecule has 1 aromatic rings. The third kappa shape index (κ3) is 1.90. The zero-order valence-electron chi connectivity index (χ0n) is 10.7. The standard InChI is InChI=1S/C15H22N2/c1-17(14-6-7-14)15(11-16)9-8-12-4-2-3-5-13(12)10-15/h2-5,14H,6-11,16H2,1H3. The molecule has 3 rings (SSSR count). The Morgan fingerprint density at radius 2 is 2.00 bits per heavy atom. The Hall–Kier alpha value is -0.860. The Balaban J connectivity index is 1.88. The highest BCUT2D eigenvalue weighted by molar-refractivity contribution is 5.32. The van der Waals surface area contributed by atoms with Crippen molar-refractivity contribution in [2.24, 2.45) is 5.73 Å². The van der Waals surface area contributed by atoms with E-state index >= 15 is 0 Å². The van der Waals surface area contributed by atoms with Crippen LogP contribution in [0.2, 0.25) is 0 Å². The fraction of sp³-hybridized carbons (Fsp3) is 0.600. The van der Waals surface area contributed by atoms with Gasteiger partial charge in [-0.15, -0.1) is 0 Å². The molecule has 0 bridgehead atoms. The molecule has 2 nitrogen and oxygen atoms in total. The lowest BCUT2D eigenvalue weighted by atomic mass is 9.77. The monoisotopic (exact) mass is 230 g/mol. The van der Waals surface area contributed by atoms with Crippen molar-refractivity contribution in [2.45, 2.75) is 43.7 Å². The number of likely N-dealkylation sites (N-methyl/N-ethyl adjacent to an activating group) is 1. The van der Waals surface area contributed by atoms with Crippen molar-refractivity contribution in [1.82, 2.24) is 4.90 Å². The van der Waals surface area contributed by atoms with Gasteiger partial charge in [-0.25, -0.2) is 0 Å². The van der Waals surface area contributed by atoms with E-state index in [1.165, 1.54) is 36.8 Å². The number of aryl methyl sites for hydroxylation is 1. The summed E-state index contributed by atoms with van der Waals surface area (Å²) in [5, 5.41) is 0. The van der Waals surface area contributed by atoms with Gasteiger partial charge >= 0.3 is 0 Å². The molecule has 1 unspecified atom stereocenters. The summed E-state index contributed by atoms with van der Waals surface area (Å²) in [6, 6.07) is 9.65. The maximum atomic E-state index is 6.12. The van der Waals surface area contributed by atoms with Crippen molar-refractivity contribution in [3.63, 3.8) is 0 Å². The van der Waals surface area contributed by atoms with Crippen LogP contribution in [0, 0.1) is 0 Å². The minimum atomic E-state index is 0.218. The number of hydrogen-bond donors (Lipinski definition) is 1. The Bertz CT molecular complexity index is 411. The lowest BCUT2D eigenvalue weighted by molar-refractivity contribution is 0.100. The maximum absolute atomic E-state index is 6.12. The summed E-state index contributed by atoms with van der Waals surface area (Å²) < 4.78 is 0. The Kier molecular flexibility index (Phi) is 2.72. The molecule has 0 heterocycles. The van der Waals surface area contributed by atoms with Crippen molar-refractivity contribution in [1.29, 1.82) is 0 Å². The van der Waals surface area contributed by atoms with Crippen LogP contribution in [0.4, 0.5) is 0 Å². The van der Waals surface area contributed by atoms with Gasteiger partial charge in [-0.3, -0.25) is 4.90 Å². The molecule has 1 aromatic carbocycles. The summed E-state index contributed by atoms with van der Waals surface area (Å²) in [6.45, 7) is 0.786. The molecule has 0 amide bonds. The van der Waals surface area contributed by atoms with E-state index in [4.69, 9.17) is 5.73 Å². The van der Waals surface area contributed by atoms with Crippen LogP contribution in [0.15, 0.2) is 24.3 Å². The van der Waals surface area contributed by atoms with E-state index in [0.717, 1.165) is 19.0 Å². The first-order valence-electron chi connectivity index (χ1n) is 6.75. The lowest BCUT2D eigenvalue weighted by Crippen LogP contribution is -2.56. The normalized spacial score (nSPS) is 28.2. The average Bonchev–Trinajstić information content (AvgIpc) is 3.21. The quantitative estimate of drug-likeness (QED) is 0.860. The average molecular weight is 230 g/mol. The topological polar surface area (TPSA) is 29.3 Å². The molecule has 17 heavy (non-hydrogen) atoms. The van der Waals surface area contributed by atoms with E-state index in [1.807, 2.05) is 0 Å². The molecule has 92 valence electrons. The van der Waals surface area contributed by atoms with Crippen LogP contribution in [-0.4, -0.2) is 30.1 Å². The van der Waals surface area contributed by atoms with Gasteiger partial charge in [-0.05, 0) is 50.3 Å². The first-order chi connectivity index (χ1) is 8.25. The number of nitrogens with zero attached hydrogens (tertiary/aromatic N) is 1. The molecule has 1 fully saturated rings. The predicted molar refractivity (Wildman–Crippen MR) is 71.0 cm³/mol. The van der Waals surface area contributed by atoms with Gasteiger partial charge in [0, 0.05) is 18.1 Å². The number of hydrogen-bond acceptors (Lipinski definition) is 2. The molecule has 0 aliphatic heterocycles. The fourth-order valence-corrected chi connectivity index (χ4v) is 3.25. The third-order valence-corrected chi connectivity index (χ3v) is 4.72. The second-order valence-electron chi connectivity index (χ2n) is 5.72. The highest BCUT2D eigenvalue weighted by atomic mass is 15.2. The first-order valence-corrected chi connectivity index (χ1v) is 6.75. The second-order valence-corrected chi connectivity index (χ2v) is 5.72. The van der Waals surface area contributed by atoms with Crippen LogP contribution in [0.3, 0.4) is 0 Å². The van der Waals surface area contributed by atoms with Crippen LogP contribution in [-0.2, 0) is 12.8 Å². The van der Waals surface area contributed by atoms with Gasteiger partial charge in [0.1, 0.15) is 0 Å². The lowest BCUT2D eigenvalue weighted by Gasteiger charge is -2.45. The molecular formula is C15H22N2. The first kappa shape index (κ1) is 11.2. The van der Waals surface area contributed by atoms with Gasteiger partial charge in [0.25, 0.3) is 0 Å². The summed E-state index contributed by atoms with van der Waals surface area (Å²) in [5.74, 6) is 0. The summed E-state index contributed by atoms with van der Waals surface area (Å²) >= 11 is 0. The minimum absolute atomic E-state index is 0.218. The highest BCUT2D eigenvalue weighted by Gasteiger charge is 2.42. The SMILES string of the molecule is CN(C1CC1)C1(CN)CCc2ccccc2C1. The Morgan fingerprint density at radius 3 is 2.65 bits per heavy atom. The molecule has 2 aliphatic carbocycles. The zero-order valence-corrected chi connectivity index (χ0v) is 10.7. The molecule has 0 radical (unpaired) electrons. The minimum Gasteiger partial charge on any atom is -0.329 e. The van der Waals surface area contributed by atoms with E-state index in [-0.39, 0.29) is 5.54 Å². The van der Waals surface area contributed by atoms with E-state index in [9.17, 15) is 0 Å². The Morgan fingerprint density at radius 1 is 1.29 bits per heavy atom. The van der Waals surface area contributed by atoms with E-state index in [2.05, 4.69) is 36.2 Å². The van der Waals surface area contributed by atoms with Gasteiger partial charge in [-0.2, -0.15) is 0 Å². The van der Waals surface area contributed by atoms with Crippen molar-refractivity contribution >= 4 is 0 Å². The van der Waals surface area contributed by atoms with Gasteiger partial charge in [-0.1, -0.05) is 24.3 Å². The van der Waals surface area contributed by atoms with Crippen LogP contribution in [0.5, 0.6) is 0 Å². The van der Waals surface area contributed by atoms with E-state index in [0.29, 0.717) is 0 Å². The zero-order chi connectivity index (χ0) is 11.9. The summed E-state index contributed by atoms with van der Waals surface area (Å²) in [5.41, 5.74) is 9.38. The maximum Gasteiger partial charge on any atom is 0.0375 e. The van der Waals surface area contributed by atoms with Gasteiger partial charge in [0.05, 0.1) is 0 Å². The number of rotatable bonds is 3. The summed E-state index contributed by atoms with van der Waals surface area (Å²) in [4.78, 5) is 2.57. The van der Waals surface area contributed by atoms with Gasteiger partial charge in [0.2, 0.25) is 0 Å². The van der Waals surface area contributed by atoms with Crippen LogP contribution in [0.1, 0.15) is 30.4 Å². The smallest absolute Gasteiger partial charge is 0.0375 e. The molecule has 0 saturated heterocycles. The van der Waals surface area contributed by atoms with Crippen LogP contribution in [0.25, 0.3) is 0 Å². The van der Waals surface area contributed by atoms with Crippen LogP contribution < -0.4 is 5.73 Å². The van der Waals surface area contributed by atoms with Crippen molar-refractivity contribution < 1.29 is 0 Å². The van der Waals surface area contributed by atoms with E-state index in [1.54, 1.807) is 0 Å². The Labute approximate surface area is 104 Å². The van der Waals surface area contributed by atoms with Crippen molar-refractivity contribution in [2.75, 3.05) is 13.6 Å². The summed E-state index contributed by atoms with van der Waals surface area (Å²) in [6.07, 6.45) is 6.25. The van der Waals surface area contributed by atoms with Crippen molar-refractivity contribution in [3.05, 3.63) is 35.4 Å². The molecule has 2 heteroatoms. The molecule has 2 aliphatic rings. The van der Waals surface area contributed by atoms with Gasteiger partial charge < -0.3 is 5.73 Å². The van der Waals surface area contributed by atoms with Crippen LogP contribution >= 0.6 is 0 Å². The summed E-state index contributed by atoms with van der Waals surface area (Å²) in [7, 11) is 2.28. The van der Waals surface area contributed by atoms with E-state index < -0.39 is 0 Å². The molecule has 1 saturated carbocycles. The fourth-order valence-electron chi connectivity index (χ4n) is 3.25. The van der Waals surface area contributed by atoms with Gasteiger partial charge in [0.15, 0.2) is 0 Å². The molecular weight excluding hydrogens is 208 g/mol. The largest absolute Gasteiger partial charge is 0.329 e. The highest BCUT2D eigenvalue weighted by Crippen LogP contribution is 2.38. The third-order valence-electron chi connectivity index (χ3n) is 4.72. The molecule has 0 spiro atoms. The van der Waals surface area contributed by atoms with Crippen molar-refractivity contribution in [3.8, 4) is 0 Å². The predicted octanol–water partition coefficient (Wildman–Crippen LogP) is 1.97. The number of benzene rings is 1. The number of nitrogens with two attached hydrogens (primary N) is 1. The molecule has 0 aromatic heterocycles. The second kappa shape index (κ2) is 4.11. The molecule has 2 N–H and O–H groups in total. The molecule has 1 atom stereocenters. The number of fused-ring (bicyclic) bond motifs is 1.